The Kier molecular flexibility index (Phi) is 6.31. The third-order valence-corrected chi connectivity index (χ3v) is 6.96. The molecule has 1 saturated heterocycles. The average Bonchev–Trinajstić information content (AvgIpc) is 3.30. The SMILES string of the molecule is O=C(NCCc1nc2c(s1)CCCC2)C1CC(=O)N(Cc2cccc(C(F)(F)F)c2)C1. The molecule has 1 aromatic heterocycles. The van der Waals surface area contributed by atoms with Crippen LogP contribution in [0.2, 0.25) is 0 Å². The molecule has 1 aromatic carbocycles. The Morgan fingerprint density at radius 1 is 1.26 bits per heavy atom. The summed E-state index contributed by atoms with van der Waals surface area (Å²) in [6, 6.07) is 4.95. The van der Waals surface area contributed by atoms with E-state index in [2.05, 4.69) is 10.3 Å². The van der Waals surface area contributed by atoms with E-state index in [0.717, 1.165) is 30.0 Å². The van der Waals surface area contributed by atoms with Crippen LogP contribution in [0.15, 0.2) is 24.3 Å². The van der Waals surface area contributed by atoms with Crippen LogP contribution in [0.3, 0.4) is 0 Å². The van der Waals surface area contributed by atoms with Gasteiger partial charge in [-0.15, -0.1) is 11.3 Å². The molecule has 0 spiro atoms. The van der Waals surface area contributed by atoms with Crippen LogP contribution in [0.5, 0.6) is 0 Å². The lowest BCUT2D eigenvalue weighted by molar-refractivity contribution is -0.137. The van der Waals surface area contributed by atoms with Gasteiger partial charge < -0.3 is 10.2 Å². The fourth-order valence-electron chi connectivity index (χ4n) is 4.12. The second-order valence-corrected chi connectivity index (χ2v) is 9.27. The molecule has 1 aliphatic carbocycles. The number of nitrogens with one attached hydrogen (secondary N) is 1. The Morgan fingerprint density at radius 2 is 2.06 bits per heavy atom. The summed E-state index contributed by atoms with van der Waals surface area (Å²) in [4.78, 5) is 32.3. The monoisotopic (exact) mass is 451 g/mol. The second-order valence-electron chi connectivity index (χ2n) is 8.10. The zero-order chi connectivity index (χ0) is 22.0. The van der Waals surface area contributed by atoms with Gasteiger partial charge in [0.2, 0.25) is 11.8 Å². The number of fused-ring (bicyclic) bond motifs is 1. The number of benzene rings is 1. The van der Waals surface area contributed by atoms with Gasteiger partial charge in [0, 0.05) is 37.4 Å². The van der Waals surface area contributed by atoms with Crippen LogP contribution in [-0.2, 0) is 41.6 Å². The molecule has 1 unspecified atom stereocenters. The van der Waals surface area contributed by atoms with Crippen LogP contribution in [0.25, 0.3) is 0 Å². The van der Waals surface area contributed by atoms with E-state index in [4.69, 9.17) is 0 Å². The first-order valence-electron chi connectivity index (χ1n) is 10.5. The Balaban J connectivity index is 1.27. The molecule has 5 nitrogen and oxygen atoms in total. The molecule has 2 aliphatic rings. The molecule has 166 valence electrons. The average molecular weight is 452 g/mol. The quantitative estimate of drug-likeness (QED) is 0.728. The van der Waals surface area contributed by atoms with Crippen molar-refractivity contribution in [3.05, 3.63) is 51.0 Å². The lowest BCUT2D eigenvalue weighted by Gasteiger charge is -2.17. The smallest absolute Gasteiger partial charge is 0.355 e. The van der Waals surface area contributed by atoms with E-state index in [1.165, 1.54) is 34.4 Å². The number of hydrogen-bond donors (Lipinski definition) is 1. The number of nitrogens with zero attached hydrogens (tertiary/aromatic N) is 2. The Morgan fingerprint density at radius 3 is 2.84 bits per heavy atom. The number of aromatic nitrogens is 1. The Bertz CT molecular complexity index is 950. The van der Waals surface area contributed by atoms with Crippen LogP contribution in [0, 0.1) is 5.92 Å². The predicted molar refractivity (Wildman–Crippen MR) is 110 cm³/mol. The van der Waals surface area contributed by atoms with Gasteiger partial charge in [-0.05, 0) is 43.4 Å². The molecular formula is C22H24F3N3O2S. The first-order valence-corrected chi connectivity index (χ1v) is 11.3. The van der Waals surface area contributed by atoms with Crippen LogP contribution in [0.4, 0.5) is 13.2 Å². The Labute approximate surface area is 182 Å². The van der Waals surface area contributed by atoms with Gasteiger partial charge in [0.1, 0.15) is 0 Å². The molecule has 2 heterocycles. The van der Waals surface area contributed by atoms with Crippen molar-refractivity contribution in [2.24, 2.45) is 5.92 Å². The summed E-state index contributed by atoms with van der Waals surface area (Å²) in [5.41, 5.74) is 0.857. The number of carbonyl (C=O) groups is 2. The summed E-state index contributed by atoms with van der Waals surface area (Å²) in [5.74, 6) is -0.894. The third kappa shape index (κ3) is 5.26. The summed E-state index contributed by atoms with van der Waals surface area (Å²) in [6.07, 6.45) is 0.825. The van der Waals surface area contributed by atoms with E-state index in [1.54, 1.807) is 17.4 Å². The third-order valence-electron chi connectivity index (χ3n) is 5.74. The standard InChI is InChI=1S/C22H24F3N3O2S/c23-22(24,25)16-5-3-4-14(10-16)12-28-13-15(11-20(28)29)21(30)26-9-8-19-27-17-6-1-2-7-18(17)31-19/h3-5,10,15H,1-2,6-9,11-13H2,(H,26,30). The molecular weight excluding hydrogens is 427 g/mol. The largest absolute Gasteiger partial charge is 0.416 e. The topological polar surface area (TPSA) is 62.3 Å². The zero-order valence-corrected chi connectivity index (χ0v) is 17.8. The minimum Gasteiger partial charge on any atom is -0.355 e. The van der Waals surface area contributed by atoms with Crippen molar-refractivity contribution in [1.29, 1.82) is 0 Å². The molecule has 1 aliphatic heterocycles. The Hall–Kier alpha value is -2.42. The molecule has 9 heteroatoms. The van der Waals surface area contributed by atoms with Crippen LogP contribution in [-0.4, -0.2) is 34.8 Å². The number of aryl methyl sites for hydroxylation is 2. The summed E-state index contributed by atoms with van der Waals surface area (Å²) >= 11 is 1.72. The van der Waals surface area contributed by atoms with E-state index >= 15 is 0 Å². The van der Waals surface area contributed by atoms with Gasteiger partial charge in [0.05, 0.1) is 22.2 Å². The maximum atomic E-state index is 12.9. The molecule has 2 amide bonds. The molecule has 1 atom stereocenters. The number of rotatable bonds is 6. The molecule has 2 aromatic rings. The van der Waals surface area contributed by atoms with Gasteiger partial charge in [0.15, 0.2) is 0 Å². The maximum absolute atomic E-state index is 12.9. The van der Waals surface area contributed by atoms with Crippen LogP contribution >= 0.6 is 11.3 Å². The van der Waals surface area contributed by atoms with Crippen molar-refractivity contribution in [2.45, 2.75) is 51.2 Å². The van der Waals surface area contributed by atoms with Gasteiger partial charge >= 0.3 is 6.18 Å². The van der Waals surface area contributed by atoms with Crippen molar-refractivity contribution in [1.82, 2.24) is 15.2 Å². The van der Waals surface area contributed by atoms with Crippen molar-refractivity contribution in [2.75, 3.05) is 13.1 Å². The number of carbonyl (C=O) groups excluding carboxylic acids is 2. The van der Waals surface area contributed by atoms with Crippen LogP contribution in [0.1, 0.15) is 46.0 Å². The number of alkyl halides is 3. The highest BCUT2D eigenvalue weighted by atomic mass is 32.1. The number of likely N-dealkylation sites (tertiary alicyclic amines) is 1. The number of amides is 2. The highest BCUT2D eigenvalue weighted by molar-refractivity contribution is 7.11. The molecule has 0 bridgehead atoms. The van der Waals surface area contributed by atoms with Gasteiger partial charge in [-0.1, -0.05) is 12.1 Å². The summed E-state index contributed by atoms with van der Waals surface area (Å²) in [7, 11) is 0. The normalized spacial score (nSPS) is 18.9. The fraction of sp³-hybridized carbons (Fsp3) is 0.500. The first kappa shape index (κ1) is 21.8. The van der Waals surface area contributed by atoms with Gasteiger partial charge in [-0.25, -0.2) is 4.98 Å². The number of thiazole rings is 1. The molecule has 31 heavy (non-hydrogen) atoms. The maximum Gasteiger partial charge on any atom is 0.416 e. The predicted octanol–water partition coefficient (Wildman–Crippen LogP) is 3.75. The lowest BCUT2D eigenvalue weighted by atomic mass is 10.0. The molecule has 0 radical (unpaired) electrons. The van der Waals surface area contributed by atoms with E-state index in [9.17, 15) is 22.8 Å². The second kappa shape index (κ2) is 8.98. The minimum absolute atomic E-state index is 0.0667. The van der Waals surface area contributed by atoms with Gasteiger partial charge in [-0.3, -0.25) is 9.59 Å². The van der Waals surface area contributed by atoms with Crippen molar-refractivity contribution in [3.8, 4) is 0 Å². The molecule has 4 rings (SSSR count). The van der Waals surface area contributed by atoms with Crippen molar-refractivity contribution in [3.63, 3.8) is 0 Å². The summed E-state index contributed by atoms with van der Waals surface area (Å²) in [5, 5.41) is 3.92. The lowest BCUT2D eigenvalue weighted by Crippen LogP contribution is -2.34. The number of hydrogen-bond acceptors (Lipinski definition) is 4. The highest BCUT2D eigenvalue weighted by Crippen LogP contribution is 2.30. The minimum atomic E-state index is -4.43. The zero-order valence-electron chi connectivity index (χ0n) is 17.0. The molecule has 0 saturated carbocycles. The van der Waals surface area contributed by atoms with Crippen molar-refractivity contribution < 1.29 is 22.8 Å². The first-order chi connectivity index (χ1) is 14.8. The summed E-state index contributed by atoms with van der Waals surface area (Å²) < 4.78 is 38.7. The van der Waals surface area contributed by atoms with E-state index < -0.39 is 17.7 Å². The number of halogens is 3. The highest BCUT2D eigenvalue weighted by Gasteiger charge is 2.35. The molecule has 1 fully saturated rings. The van der Waals surface area contributed by atoms with E-state index in [1.807, 2.05) is 0 Å². The van der Waals surface area contributed by atoms with Crippen molar-refractivity contribution >= 4 is 23.2 Å². The van der Waals surface area contributed by atoms with Crippen LogP contribution < -0.4 is 5.32 Å². The van der Waals surface area contributed by atoms with E-state index in [-0.39, 0.29) is 31.3 Å². The fourth-order valence-corrected chi connectivity index (χ4v) is 5.27. The van der Waals surface area contributed by atoms with E-state index in [0.29, 0.717) is 18.5 Å². The molecule has 1 N–H and O–H groups in total. The summed E-state index contributed by atoms with van der Waals surface area (Å²) in [6.45, 7) is 0.743. The van der Waals surface area contributed by atoms with Gasteiger partial charge in [-0.2, -0.15) is 13.2 Å². The van der Waals surface area contributed by atoms with Gasteiger partial charge in [0.25, 0.3) is 0 Å².